The zero-order valence-electron chi connectivity index (χ0n) is 10.6. The molecule has 0 spiro atoms. The maximum Gasteiger partial charge on any atom is 0.244 e. The molecule has 1 rings (SSSR count). The molecule has 0 aromatic carbocycles. The van der Waals surface area contributed by atoms with Gasteiger partial charge in [-0.25, -0.2) is 13.1 Å². The molecule has 0 amide bonds. The van der Waals surface area contributed by atoms with E-state index in [0.29, 0.717) is 11.4 Å². The quantitative estimate of drug-likeness (QED) is 0.843. The van der Waals surface area contributed by atoms with Gasteiger partial charge < -0.3 is 0 Å². The van der Waals surface area contributed by atoms with E-state index in [1.54, 1.807) is 20.9 Å². The predicted molar refractivity (Wildman–Crippen MR) is 63.1 cm³/mol. The van der Waals surface area contributed by atoms with Crippen molar-refractivity contribution >= 4 is 15.8 Å². The average molecular weight is 259 g/mol. The Balaban J connectivity index is 3.19. The van der Waals surface area contributed by atoms with Gasteiger partial charge in [-0.3, -0.25) is 9.48 Å². The van der Waals surface area contributed by atoms with Gasteiger partial charge in [-0.2, -0.15) is 5.10 Å². The summed E-state index contributed by atoms with van der Waals surface area (Å²) in [6.45, 7) is 6.16. The number of Topliss-reactive ketones (excluding diaryl/α,β-unsaturated/α-hetero) is 1. The van der Waals surface area contributed by atoms with Crippen molar-refractivity contribution in [3.05, 3.63) is 11.4 Å². The summed E-state index contributed by atoms with van der Waals surface area (Å²) >= 11 is 0. The number of carbonyl (C=O) groups excluding carboxylic acids is 1. The Kier molecular flexibility index (Phi) is 3.73. The number of nitrogens with one attached hydrogen (secondary N) is 1. The lowest BCUT2D eigenvalue weighted by atomic mass is 10.3. The normalized spacial score (nSPS) is 13.7. The van der Waals surface area contributed by atoms with Crippen LogP contribution in [0.4, 0.5) is 0 Å². The lowest BCUT2D eigenvalue weighted by Gasteiger charge is -2.11. The third-order valence-electron chi connectivity index (χ3n) is 2.65. The molecule has 6 nitrogen and oxygen atoms in total. The molecule has 1 aromatic heterocycles. The number of hydrogen-bond acceptors (Lipinski definition) is 4. The van der Waals surface area contributed by atoms with E-state index in [0.717, 1.165) is 0 Å². The van der Waals surface area contributed by atoms with Crippen molar-refractivity contribution in [2.45, 2.75) is 38.6 Å². The fourth-order valence-electron chi connectivity index (χ4n) is 1.52. The zero-order valence-corrected chi connectivity index (χ0v) is 11.4. The van der Waals surface area contributed by atoms with E-state index < -0.39 is 16.1 Å². The van der Waals surface area contributed by atoms with E-state index in [4.69, 9.17) is 0 Å². The largest absolute Gasteiger partial charge is 0.298 e. The Morgan fingerprint density at radius 1 is 1.41 bits per heavy atom. The van der Waals surface area contributed by atoms with E-state index >= 15 is 0 Å². The van der Waals surface area contributed by atoms with Gasteiger partial charge in [0.15, 0.2) is 0 Å². The number of sulfonamides is 1. The van der Waals surface area contributed by atoms with Crippen molar-refractivity contribution in [3.63, 3.8) is 0 Å². The number of rotatable bonds is 4. The first kappa shape index (κ1) is 13.9. The highest BCUT2D eigenvalue weighted by Gasteiger charge is 2.26. The van der Waals surface area contributed by atoms with Crippen LogP contribution in [0.3, 0.4) is 0 Å². The number of hydrogen-bond donors (Lipinski definition) is 1. The second kappa shape index (κ2) is 4.58. The Labute approximate surface area is 101 Å². The first-order chi connectivity index (χ1) is 7.66. The van der Waals surface area contributed by atoms with Gasteiger partial charge in [0.1, 0.15) is 10.7 Å². The van der Waals surface area contributed by atoms with Gasteiger partial charge >= 0.3 is 0 Å². The van der Waals surface area contributed by atoms with Crippen molar-refractivity contribution < 1.29 is 13.2 Å². The van der Waals surface area contributed by atoms with Crippen LogP contribution in [-0.2, 0) is 21.9 Å². The summed E-state index contributed by atoms with van der Waals surface area (Å²) in [5.74, 6) is -0.229. The van der Waals surface area contributed by atoms with Crippen LogP contribution in [0, 0.1) is 13.8 Å². The van der Waals surface area contributed by atoms with Crippen molar-refractivity contribution in [2.75, 3.05) is 0 Å². The first-order valence-electron chi connectivity index (χ1n) is 5.19. The molecule has 1 N–H and O–H groups in total. The monoisotopic (exact) mass is 259 g/mol. The molecule has 1 atom stereocenters. The maximum absolute atomic E-state index is 12.1. The minimum Gasteiger partial charge on any atom is -0.298 e. The fraction of sp³-hybridized carbons (Fsp3) is 0.600. The highest BCUT2D eigenvalue weighted by Crippen LogP contribution is 2.18. The molecular formula is C10H17N3O3S. The maximum atomic E-state index is 12.1. The third-order valence-corrected chi connectivity index (χ3v) is 4.45. The average Bonchev–Trinajstić information content (AvgIpc) is 2.40. The second-order valence-corrected chi connectivity index (χ2v) is 5.73. The fourth-order valence-corrected chi connectivity index (χ4v) is 3.22. The molecule has 0 radical (unpaired) electrons. The topological polar surface area (TPSA) is 81.1 Å². The van der Waals surface area contributed by atoms with Crippen LogP contribution in [0.15, 0.2) is 4.90 Å². The second-order valence-electron chi connectivity index (χ2n) is 4.08. The predicted octanol–water partition coefficient (Wildman–Crippen LogP) is 0.293. The Morgan fingerprint density at radius 2 is 1.94 bits per heavy atom. The van der Waals surface area contributed by atoms with Crippen LogP contribution in [0.5, 0.6) is 0 Å². The molecule has 0 saturated carbocycles. The zero-order chi connectivity index (χ0) is 13.4. The number of ketones is 1. The van der Waals surface area contributed by atoms with Gasteiger partial charge in [-0.15, -0.1) is 0 Å². The molecule has 7 heteroatoms. The van der Waals surface area contributed by atoms with E-state index in [-0.39, 0.29) is 10.7 Å². The smallest absolute Gasteiger partial charge is 0.244 e. The molecule has 0 aliphatic carbocycles. The lowest BCUT2D eigenvalue weighted by Crippen LogP contribution is -2.37. The molecule has 0 aliphatic rings. The van der Waals surface area contributed by atoms with Crippen LogP contribution < -0.4 is 4.72 Å². The van der Waals surface area contributed by atoms with Crippen molar-refractivity contribution in [1.82, 2.24) is 14.5 Å². The van der Waals surface area contributed by atoms with E-state index in [2.05, 4.69) is 9.82 Å². The molecule has 0 bridgehead atoms. The standard InChI is InChI=1S/C10H17N3O3S/c1-6(9(4)14)12-17(15,16)10-7(2)11-13(5)8(10)3/h6,12H,1-5H3. The molecule has 17 heavy (non-hydrogen) atoms. The minimum absolute atomic E-state index is 0.146. The van der Waals surface area contributed by atoms with Crippen LogP contribution >= 0.6 is 0 Å². The van der Waals surface area contributed by atoms with Crippen LogP contribution in [0.25, 0.3) is 0 Å². The highest BCUT2D eigenvalue weighted by atomic mass is 32.2. The Hall–Kier alpha value is -1.21. The molecule has 96 valence electrons. The van der Waals surface area contributed by atoms with E-state index in [9.17, 15) is 13.2 Å². The third kappa shape index (κ3) is 2.73. The van der Waals surface area contributed by atoms with Crippen molar-refractivity contribution in [1.29, 1.82) is 0 Å². The molecule has 1 heterocycles. The van der Waals surface area contributed by atoms with Crippen molar-refractivity contribution in [3.8, 4) is 0 Å². The molecule has 0 fully saturated rings. The summed E-state index contributed by atoms with van der Waals surface area (Å²) in [6, 6.07) is -0.737. The van der Waals surface area contributed by atoms with Crippen molar-refractivity contribution in [2.24, 2.45) is 7.05 Å². The summed E-state index contributed by atoms with van der Waals surface area (Å²) in [5, 5.41) is 4.04. The number of aromatic nitrogens is 2. The summed E-state index contributed by atoms with van der Waals surface area (Å²) in [4.78, 5) is 11.2. The van der Waals surface area contributed by atoms with Gasteiger partial charge in [0.05, 0.1) is 17.4 Å². The molecule has 0 saturated heterocycles. The minimum atomic E-state index is -3.70. The molecule has 0 aliphatic heterocycles. The van der Waals surface area contributed by atoms with E-state index in [1.165, 1.54) is 18.5 Å². The SMILES string of the molecule is CC(=O)C(C)NS(=O)(=O)c1c(C)nn(C)c1C. The lowest BCUT2D eigenvalue weighted by molar-refractivity contribution is -0.118. The van der Waals surface area contributed by atoms with Gasteiger partial charge in [0.2, 0.25) is 10.0 Å². The summed E-state index contributed by atoms with van der Waals surface area (Å²) in [6.07, 6.45) is 0. The molecule has 1 aromatic rings. The molecule has 1 unspecified atom stereocenters. The van der Waals surface area contributed by atoms with Crippen LogP contribution in [0.2, 0.25) is 0 Å². The van der Waals surface area contributed by atoms with Gasteiger partial charge in [0.25, 0.3) is 0 Å². The summed E-state index contributed by atoms with van der Waals surface area (Å²) in [7, 11) is -2.02. The highest BCUT2D eigenvalue weighted by molar-refractivity contribution is 7.89. The summed E-state index contributed by atoms with van der Waals surface area (Å²) < 4.78 is 28.0. The summed E-state index contributed by atoms with van der Waals surface area (Å²) in [5.41, 5.74) is 0.971. The van der Waals surface area contributed by atoms with Gasteiger partial charge in [-0.1, -0.05) is 0 Å². The van der Waals surface area contributed by atoms with Gasteiger partial charge in [-0.05, 0) is 27.7 Å². The Morgan fingerprint density at radius 3 is 2.29 bits per heavy atom. The van der Waals surface area contributed by atoms with Crippen LogP contribution in [0.1, 0.15) is 25.2 Å². The number of nitrogens with zero attached hydrogens (tertiary/aromatic N) is 2. The van der Waals surface area contributed by atoms with E-state index in [1.807, 2.05) is 0 Å². The Bertz CT molecular complexity index is 545. The number of carbonyl (C=O) groups is 1. The molecular weight excluding hydrogens is 242 g/mol. The van der Waals surface area contributed by atoms with Crippen LogP contribution in [-0.4, -0.2) is 30.0 Å². The van der Waals surface area contributed by atoms with Gasteiger partial charge in [0, 0.05) is 7.05 Å². The number of aryl methyl sites for hydroxylation is 2. The first-order valence-corrected chi connectivity index (χ1v) is 6.68.